The van der Waals surface area contributed by atoms with Gasteiger partial charge in [-0.05, 0) is 22.9 Å². The van der Waals surface area contributed by atoms with Crippen molar-refractivity contribution in [1.82, 2.24) is 25.5 Å². The summed E-state index contributed by atoms with van der Waals surface area (Å²) in [6, 6.07) is 7.77. The van der Waals surface area contributed by atoms with Crippen LogP contribution >= 0.6 is 0 Å². The number of nitrogens with two attached hydrogens (primary N) is 1. The molecule has 0 aliphatic heterocycles. The van der Waals surface area contributed by atoms with Gasteiger partial charge in [-0.25, -0.2) is 4.68 Å². The molecule has 3 N–H and O–H groups in total. The summed E-state index contributed by atoms with van der Waals surface area (Å²) in [4.78, 5) is 11.5. The normalized spacial score (nSPS) is 12.1. The molecule has 8 heteroatoms. The summed E-state index contributed by atoms with van der Waals surface area (Å²) < 4.78 is 6.10. The first-order valence-electron chi connectivity index (χ1n) is 6.98. The number of aromatic nitrogens is 4. The molecule has 8 nitrogen and oxygen atoms in total. The van der Waals surface area contributed by atoms with Gasteiger partial charge in [-0.15, -0.1) is 5.10 Å². The van der Waals surface area contributed by atoms with E-state index in [9.17, 15) is 4.79 Å². The fourth-order valence-electron chi connectivity index (χ4n) is 2.15. The Hall–Kier alpha value is -2.32. The molecule has 1 aromatic heterocycles. The van der Waals surface area contributed by atoms with E-state index in [1.165, 1.54) is 11.8 Å². The molecular formula is C14H20N6O2. The van der Waals surface area contributed by atoms with Crippen LogP contribution in [0.1, 0.15) is 23.0 Å². The molecule has 1 unspecified atom stereocenters. The van der Waals surface area contributed by atoms with Gasteiger partial charge < -0.3 is 15.8 Å². The van der Waals surface area contributed by atoms with Crippen LogP contribution in [0, 0.1) is 6.92 Å². The van der Waals surface area contributed by atoms with E-state index in [1.54, 1.807) is 0 Å². The van der Waals surface area contributed by atoms with Crippen molar-refractivity contribution in [2.45, 2.75) is 19.5 Å². The Morgan fingerprint density at radius 1 is 1.50 bits per heavy atom. The van der Waals surface area contributed by atoms with E-state index >= 15 is 0 Å². The molecule has 2 rings (SSSR count). The molecule has 22 heavy (non-hydrogen) atoms. The molecule has 2 aromatic rings. The van der Waals surface area contributed by atoms with Gasteiger partial charge >= 0.3 is 5.97 Å². The average Bonchev–Trinajstić information content (AvgIpc) is 2.96. The molecule has 0 fully saturated rings. The molecule has 0 aliphatic rings. The second kappa shape index (κ2) is 7.62. The zero-order chi connectivity index (χ0) is 15.9. The van der Waals surface area contributed by atoms with Crippen molar-refractivity contribution in [3.63, 3.8) is 0 Å². The molecule has 0 saturated carbocycles. The largest absolute Gasteiger partial charge is 0.468 e. The third-order valence-electron chi connectivity index (χ3n) is 3.19. The Bertz CT molecular complexity index is 627. The molecule has 118 valence electrons. The van der Waals surface area contributed by atoms with Gasteiger partial charge in [0, 0.05) is 13.1 Å². The summed E-state index contributed by atoms with van der Waals surface area (Å²) in [6.45, 7) is 3.07. The van der Waals surface area contributed by atoms with Gasteiger partial charge in [-0.2, -0.15) is 0 Å². The first-order valence-corrected chi connectivity index (χ1v) is 6.98. The highest BCUT2D eigenvalue weighted by molar-refractivity contribution is 5.68. The van der Waals surface area contributed by atoms with Gasteiger partial charge in [0.05, 0.1) is 13.2 Å². The molecular weight excluding hydrogens is 284 g/mol. The Morgan fingerprint density at radius 2 is 2.32 bits per heavy atom. The minimum Gasteiger partial charge on any atom is -0.468 e. The van der Waals surface area contributed by atoms with Gasteiger partial charge in [-0.3, -0.25) is 4.79 Å². The second-order valence-electron chi connectivity index (χ2n) is 4.86. The lowest BCUT2D eigenvalue weighted by Crippen LogP contribution is -2.31. The molecule has 0 aliphatic carbocycles. The quantitative estimate of drug-likeness (QED) is 0.681. The number of ether oxygens (including phenoxy) is 1. The Kier molecular flexibility index (Phi) is 5.56. The number of nitrogens with zero attached hydrogens (tertiary/aromatic N) is 4. The summed E-state index contributed by atoms with van der Waals surface area (Å²) in [5.74, 6) is 0.139. The summed E-state index contributed by atoms with van der Waals surface area (Å²) >= 11 is 0. The Labute approximate surface area is 128 Å². The van der Waals surface area contributed by atoms with Crippen molar-refractivity contribution in [3.8, 4) is 0 Å². The fourth-order valence-corrected chi connectivity index (χ4v) is 2.15. The van der Waals surface area contributed by atoms with Gasteiger partial charge in [0.25, 0.3) is 0 Å². The number of carbonyl (C=O) groups is 1. The first-order chi connectivity index (χ1) is 10.7. The van der Waals surface area contributed by atoms with Crippen molar-refractivity contribution >= 4 is 5.97 Å². The monoisotopic (exact) mass is 304 g/mol. The van der Waals surface area contributed by atoms with Crippen LogP contribution < -0.4 is 11.1 Å². The minimum atomic E-state index is -0.407. The lowest BCUT2D eigenvalue weighted by Gasteiger charge is -2.18. The number of tetrazole rings is 1. The first kappa shape index (κ1) is 16.1. The number of methoxy groups -OCH3 is 1. The van der Waals surface area contributed by atoms with Crippen molar-refractivity contribution in [1.29, 1.82) is 0 Å². The van der Waals surface area contributed by atoms with Gasteiger partial charge in [0.1, 0.15) is 6.54 Å². The minimum absolute atomic E-state index is 0.0363. The topological polar surface area (TPSA) is 108 Å². The van der Waals surface area contributed by atoms with Crippen LogP contribution in [0.4, 0.5) is 0 Å². The number of aryl methyl sites for hydroxylation is 1. The van der Waals surface area contributed by atoms with E-state index in [2.05, 4.69) is 25.6 Å². The van der Waals surface area contributed by atoms with E-state index < -0.39 is 5.97 Å². The van der Waals surface area contributed by atoms with Crippen molar-refractivity contribution < 1.29 is 9.53 Å². The van der Waals surface area contributed by atoms with Crippen LogP contribution in [-0.2, 0) is 16.1 Å². The summed E-state index contributed by atoms with van der Waals surface area (Å²) in [5.41, 5.74) is 7.72. The number of nitrogens with one attached hydrogen (secondary N) is 1. The molecule has 1 heterocycles. The lowest BCUT2D eigenvalue weighted by atomic mass is 10.0. The Morgan fingerprint density at radius 3 is 3.00 bits per heavy atom. The Balaban J connectivity index is 2.33. The predicted molar refractivity (Wildman–Crippen MR) is 79.9 cm³/mol. The number of carbonyl (C=O) groups excluding carboxylic acids is 1. The van der Waals surface area contributed by atoms with Gasteiger partial charge in [0.15, 0.2) is 5.82 Å². The zero-order valence-corrected chi connectivity index (χ0v) is 12.7. The van der Waals surface area contributed by atoms with Crippen molar-refractivity contribution in [2.24, 2.45) is 5.73 Å². The number of esters is 1. The van der Waals surface area contributed by atoms with Crippen LogP contribution in [0.3, 0.4) is 0 Å². The van der Waals surface area contributed by atoms with Gasteiger partial charge in [0.2, 0.25) is 0 Å². The molecule has 0 bridgehead atoms. The van der Waals surface area contributed by atoms with Gasteiger partial charge in [-0.1, -0.05) is 29.8 Å². The number of rotatable bonds is 7. The van der Waals surface area contributed by atoms with Crippen molar-refractivity contribution in [3.05, 3.63) is 41.2 Å². The highest BCUT2D eigenvalue weighted by atomic mass is 16.5. The molecule has 1 atom stereocenters. The fraction of sp³-hybridized carbons (Fsp3) is 0.429. The predicted octanol–water partition coefficient (Wildman–Crippen LogP) is -0.208. The molecule has 1 aromatic carbocycles. The van der Waals surface area contributed by atoms with Crippen LogP contribution in [0.5, 0.6) is 0 Å². The molecule has 0 saturated heterocycles. The zero-order valence-electron chi connectivity index (χ0n) is 12.7. The van der Waals surface area contributed by atoms with E-state index in [1.807, 2.05) is 31.2 Å². The standard InChI is InChI=1S/C14H20N6O2/c1-10-4-3-5-11(8-10)13(16-7-6-15)14-17-18-19-20(14)9-12(21)22-2/h3-5,8,13,16H,6-7,9,15H2,1-2H3. The lowest BCUT2D eigenvalue weighted by molar-refractivity contribution is -0.141. The summed E-state index contributed by atoms with van der Waals surface area (Å²) in [5, 5.41) is 14.9. The number of hydrogen-bond donors (Lipinski definition) is 2. The smallest absolute Gasteiger partial charge is 0.327 e. The van der Waals surface area contributed by atoms with E-state index in [0.717, 1.165) is 11.1 Å². The summed E-state index contributed by atoms with van der Waals surface area (Å²) in [7, 11) is 1.33. The number of benzene rings is 1. The van der Waals surface area contributed by atoms with E-state index in [0.29, 0.717) is 18.9 Å². The maximum Gasteiger partial charge on any atom is 0.327 e. The summed E-state index contributed by atoms with van der Waals surface area (Å²) in [6.07, 6.45) is 0. The molecule has 0 radical (unpaired) electrons. The SMILES string of the molecule is COC(=O)Cn1nnnc1C(NCCN)c1cccc(C)c1. The maximum atomic E-state index is 11.5. The second-order valence-corrected chi connectivity index (χ2v) is 4.86. The maximum absolute atomic E-state index is 11.5. The van der Waals surface area contributed by atoms with Crippen molar-refractivity contribution in [2.75, 3.05) is 20.2 Å². The van der Waals surface area contributed by atoms with Crippen LogP contribution in [0.2, 0.25) is 0 Å². The third kappa shape index (κ3) is 3.86. The van der Waals surface area contributed by atoms with Crippen LogP contribution in [0.15, 0.2) is 24.3 Å². The van der Waals surface area contributed by atoms with E-state index in [4.69, 9.17) is 5.73 Å². The van der Waals surface area contributed by atoms with Crippen LogP contribution in [0.25, 0.3) is 0 Å². The van der Waals surface area contributed by atoms with E-state index in [-0.39, 0.29) is 12.6 Å². The third-order valence-corrected chi connectivity index (χ3v) is 3.19. The number of hydrogen-bond acceptors (Lipinski definition) is 7. The highest BCUT2D eigenvalue weighted by Crippen LogP contribution is 2.20. The average molecular weight is 304 g/mol. The molecule has 0 spiro atoms. The molecule has 0 amide bonds. The van der Waals surface area contributed by atoms with Crippen LogP contribution in [-0.4, -0.2) is 46.4 Å². The highest BCUT2D eigenvalue weighted by Gasteiger charge is 2.22.